The number of rotatable bonds is 5. The average Bonchev–Trinajstić information content (AvgIpc) is 2.77. The molecule has 1 N–H and O–H groups in total. The molecule has 0 spiro atoms. The second kappa shape index (κ2) is 8.63. The third-order valence-electron chi connectivity index (χ3n) is 5.53. The van der Waals surface area contributed by atoms with E-state index in [0.717, 1.165) is 47.2 Å². The number of aryl methyl sites for hydroxylation is 1. The Morgan fingerprint density at radius 2 is 1.90 bits per heavy atom. The fourth-order valence-electron chi connectivity index (χ4n) is 3.85. The van der Waals surface area contributed by atoms with E-state index in [1.165, 1.54) is 0 Å². The molecule has 0 aliphatic carbocycles. The highest BCUT2D eigenvalue weighted by Gasteiger charge is 2.26. The summed E-state index contributed by atoms with van der Waals surface area (Å²) >= 11 is 0. The number of para-hydroxylation sites is 2. The molecule has 4 rings (SSSR count). The maximum absolute atomic E-state index is 13.1. The highest BCUT2D eigenvalue weighted by Crippen LogP contribution is 2.28. The minimum Gasteiger partial charge on any atom is -0.452 e. The lowest BCUT2D eigenvalue weighted by atomic mass is 9.96. The standard InChI is InChI=1S/C24H25N3O3/c1-3-27-13-12-21-18(14-27)23(17-9-5-7-11-20(17)25-21)24(29)30-15-22(28)26-19-10-6-4-8-16(19)2/h4-11H,3,12-15H2,1-2H3,(H,26,28). The molecule has 0 saturated carbocycles. The molecule has 2 aromatic carbocycles. The zero-order valence-corrected chi connectivity index (χ0v) is 17.3. The molecule has 30 heavy (non-hydrogen) atoms. The van der Waals surface area contributed by atoms with Crippen molar-refractivity contribution < 1.29 is 14.3 Å². The molecule has 6 nitrogen and oxygen atoms in total. The second-order valence-electron chi connectivity index (χ2n) is 7.49. The topological polar surface area (TPSA) is 71.5 Å². The summed E-state index contributed by atoms with van der Waals surface area (Å²) in [5.74, 6) is -0.845. The first kappa shape index (κ1) is 20.0. The number of hydrogen-bond acceptors (Lipinski definition) is 5. The van der Waals surface area contributed by atoms with E-state index in [-0.39, 0.29) is 12.5 Å². The summed E-state index contributed by atoms with van der Waals surface area (Å²) in [5, 5.41) is 3.56. The number of likely N-dealkylation sites (N-methyl/N-ethyl adjacent to an activating group) is 1. The number of nitrogens with one attached hydrogen (secondary N) is 1. The molecule has 6 heteroatoms. The number of esters is 1. The van der Waals surface area contributed by atoms with Crippen molar-refractivity contribution in [1.82, 2.24) is 9.88 Å². The van der Waals surface area contributed by atoms with Gasteiger partial charge in [0.15, 0.2) is 6.61 Å². The summed E-state index contributed by atoms with van der Waals surface area (Å²) in [6.45, 7) is 6.16. The maximum Gasteiger partial charge on any atom is 0.339 e. The van der Waals surface area contributed by atoms with Gasteiger partial charge >= 0.3 is 5.97 Å². The lowest BCUT2D eigenvalue weighted by molar-refractivity contribution is -0.119. The zero-order chi connectivity index (χ0) is 21.1. The Kier molecular flexibility index (Phi) is 5.77. The molecule has 0 bridgehead atoms. The molecule has 2 heterocycles. The van der Waals surface area contributed by atoms with Crippen molar-refractivity contribution in [2.45, 2.75) is 26.8 Å². The Labute approximate surface area is 175 Å². The summed E-state index contributed by atoms with van der Waals surface area (Å²) in [6, 6.07) is 15.1. The number of anilines is 1. The third kappa shape index (κ3) is 4.04. The fourth-order valence-corrected chi connectivity index (χ4v) is 3.85. The van der Waals surface area contributed by atoms with Crippen LogP contribution in [0.2, 0.25) is 0 Å². The minimum absolute atomic E-state index is 0.337. The van der Waals surface area contributed by atoms with Gasteiger partial charge in [0.05, 0.1) is 11.1 Å². The Morgan fingerprint density at radius 1 is 1.13 bits per heavy atom. The van der Waals surface area contributed by atoms with E-state index in [2.05, 4.69) is 17.1 Å². The van der Waals surface area contributed by atoms with E-state index in [1.807, 2.05) is 55.5 Å². The molecule has 0 unspecified atom stereocenters. The normalized spacial score (nSPS) is 13.7. The first-order chi connectivity index (χ1) is 14.6. The van der Waals surface area contributed by atoms with Gasteiger partial charge in [0.25, 0.3) is 5.91 Å². The lowest BCUT2D eigenvalue weighted by Crippen LogP contribution is -2.32. The van der Waals surface area contributed by atoms with Crippen molar-refractivity contribution in [2.24, 2.45) is 0 Å². The second-order valence-corrected chi connectivity index (χ2v) is 7.49. The van der Waals surface area contributed by atoms with E-state index in [1.54, 1.807) is 0 Å². The van der Waals surface area contributed by atoms with E-state index in [4.69, 9.17) is 9.72 Å². The number of fused-ring (bicyclic) bond motifs is 2. The molecule has 3 aromatic rings. The van der Waals surface area contributed by atoms with Gasteiger partial charge in [-0.2, -0.15) is 0 Å². The predicted octanol–water partition coefficient (Wildman–Crippen LogP) is 3.72. The molecular weight excluding hydrogens is 378 g/mol. The Morgan fingerprint density at radius 3 is 2.70 bits per heavy atom. The number of amides is 1. The van der Waals surface area contributed by atoms with Crippen LogP contribution in [0.15, 0.2) is 48.5 Å². The molecule has 0 saturated heterocycles. The van der Waals surface area contributed by atoms with Gasteiger partial charge in [0, 0.05) is 41.8 Å². The zero-order valence-electron chi connectivity index (χ0n) is 17.3. The van der Waals surface area contributed by atoms with Gasteiger partial charge in [0.1, 0.15) is 0 Å². The van der Waals surface area contributed by atoms with Crippen LogP contribution in [0.4, 0.5) is 5.69 Å². The van der Waals surface area contributed by atoms with Crippen molar-refractivity contribution in [3.63, 3.8) is 0 Å². The summed E-state index contributed by atoms with van der Waals surface area (Å²) in [7, 11) is 0. The maximum atomic E-state index is 13.1. The van der Waals surface area contributed by atoms with Gasteiger partial charge in [-0.25, -0.2) is 4.79 Å². The number of nitrogens with zero attached hydrogens (tertiary/aromatic N) is 2. The predicted molar refractivity (Wildman–Crippen MR) is 116 cm³/mol. The van der Waals surface area contributed by atoms with Crippen LogP contribution >= 0.6 is 0 Å². The van der Waals surface area contributed by atoms with E-state index >= 15 is 0 Å². The molecule has 0 fully saturated rings. The van der Waals surface area contributed by atoms with Gasteiger partial charge in [-0.15, -0.1) is 0 Å². The number of hydrogen-bond donors (Lipinski definition) is 1. The molecule has 0 atom stereocenters. The van der Waals surface area contributed by atoms with E-state index in [9.17, 15) is 9.59 Å². The SMILES string of the molecule is CCN1CCc2nc3ccccc3c(C(=O)OCC(=O)Nc3ccccc3C)c2C1. The molecule has 0 radical (unpaired) electrons. The van der Waals surface area contributed by atoms with Crippen LogP contribution in [-0.4, -0.2) is 41.5 Å². The molecule has 1 amide bonds. The van der Waals surface area contributed by atoms with Gasteiger partial charge in [0.2, 0.25) is 0 Å². The van der Waals surface area contributed by atoms with Crippen LogP contribution < -0.4 is 5.32 Å². The first-order valence-electron chi connectivity index (χ1n) is 10.2. The smallest absolute Gasteiger partial charge is 0.339 e. The van der Waals surface area contributed by atoms with E-state index < -0.39 is 5.97 Å². The van der Waals surface area contributed by atoms with Crippen LogP contribution in [0.25, 0.3) is 10.9 Å². The Balaban J connectivity index is 1.58. The van der Waals surface area contributed by atoms with Crippen LogP contribution in [-0.2, 0) is 22.5 Å². The summed E-state index contributed by atoms with van der Waals surface area (Å²) in [6.07, 6.45) is 0.794. The summed E-state index contributed by atoms with van der Waals surface area (Å²) in [4.78, 5) is 32.5. The largest absolute Gasteiger partial charge is 0.452 e. The number of pyridine rings is 1. The van der Waals surface area contributed by atoms with Crippen molar-refractivity contribution >= 4 is 28.5 Å². The monoisotopic (exact) mass is 403 g/mol. The quantitative estimate of drug-likeness (QED) is 0.658. The van der Waals surface area contributed by atoms with Crippen molar-refractivity contribution in [2.75, 3.05) is 25.0 Å². The number of ether oxygens (including phenoxy) is 1. The van der Waals surface area contributed by atoms with Crippen molar-refractivity contribution in [1.29, 1.82) is 0 Å². The first-order valence-corrected chi connectivity index (χ1v) is 10.2. The summed E-state index contributed by atoms with van der Waals surface area (Å²) in [5.41, 5.74) is 4.81. The summed E-state index contributed by atoms with van der Waals surface area (Å²) < 4.78 is 5.45. The Hall–Kier alpha value is -3.25. The molecule has 1 aromatic heterocycles. The lowest BCUT2D eigenvalue weighted by Gasteiger charge is -2.28. The van der Waals surface area contributed by atoms with Crippen molar-refractivity contribution in [3.05, 3.63) is 70.9 Å². The van der Waals surface area contributed by atoms with Gasteiger partial charge in [-0.05, 0) is 31.2 Å². The molecule has 1 aliphatic rings. The third-order valence-corrected chi connectivity index (χ3v) is 5.53. The van der Waals surface area contributed by atoms with Gasteiger partial charge in [-0.3, -0.25) is 14.7 Å². The number of carbonyl (C=O) groups is 2. The van der Waals surface area contributed by atoms with Gasteiger partial charge in [-0.1, -0.05) is 43.3 Å². The van der Waals surface area contributed by atoms with Crippen LogP contribution in [0.3, 0.4) is 0 Å². The van der Waals surface area contributed by atoms with Crippen LogP contribution in [0, 0.1) is 6.92 Å². The minimum atomic E-state index is -0.484. The highest BCUT2D eigenvalue weighted by molar-refractivity contribution is 6.06. The highest BCUT2D eigenvalue weighted by atomic mass is 16.5. The number of aromatic nitrogens is 1. The Bertz CT molecular complexity index is 1110. The van der Waals surface area contributed by atoms with E-state index in [0.29, 0.717) is 17.8 Å². The number of carbonyl (C=O) groups excluding carboxylic acids is 2. The van der Waals surface area contributed by atoms with Crippen LogP contribution in [0.1, 0.15) is 34.1 Å². The van der Waals surface area contributed by atoms with Crippen LogP contribution in [0.5, 0.6) is 0 Å². The van der Waals surface area contributed by atoms with Gasteiger partial charge < -0.3 is 10.1 Å². The fraction of sp³-hybridized carbons (Fsp3) is 0.292. The average molecular weight is 403 g/mol. The number of benzene rings is 2. The molecule has 154 valence electrons. The molecular formula is C24H25N3O3. The van der Waals surface area contributed by atoms with Crippen molar-refractivity contribution in [3.8, 4) is 0 Å². The molecule has 1 aliphatic heterocycles.